The number of hydrogen-bond donors (Lipinski definition) is 1. The van der Waals surface area contributed by atoms with Gasteiger partial charge in [0.15, 0.2) is 5.65 Å². The molecule has 158 valence electrons. The van der Waals surface area contributed by atoms with Crippen molar-refractivity contribution < 1.29 is 14.3 Å². The number of nitrogens with one attached hydrogen (secondary N) is 1. The number of fused-ring (bicyclic) bond motifs is 1. The summed E-state index contributed by atoms with van der Waals surface area (Å²) in [6, 6.07) is 19.0. The molecule has 0 aliphatic carbocycles. The lowest BCUT2D eigenvalue weighted by Gasteiger charge is -2.09. The summed E-state index contributed by atoms with van der Waals surface area (Å²) >= 11 is 1.28. The average Bonchev–Trinajstić information content (AvgIpc) is 3.23. The number of aromatic nitrogens is 4. The number of thioether (sulfide) groups is 1. The molecule has 0 unspecified atom stereocenters. The molecule has 0 spiro atoms. The van der Waals surface area contributed by atoms with Crippen molar-refractivity contribution >= 4 is 23.3 Å². The van der Waals surface area contributed by atoms with E-state index in [-0.39, 0.29) is 11.7 Å². The third-order valence-corrected chi connectivity index (χ3v) is 5.54. The van der Waals surface area contributed by atoms with E-state index >= 15 is 0 Å². The molecule has 4 rings (SSSR count). The Morgan fingerprint density at radius 1 is 0.968 bits per heavy atom. The molecule has 9 heteroatoms. The molecule has 0 saturated carbocycles. The lowest BCUT2D eigenvalue weighted by molar-refractivity contribution is -0.118. The van der Waals surface area contributed by atoms with Gasteiger partial charge in [-0.15, -0.1) is 10.2 Å². The van der Waals surface area contributed by atoms with E-state index in [1.54, 1.807) is 18.7 Å². The van der Waals surface area contributed by atoms with Crippen LogP contribution < -0.4 is 14.8 Å². The highest BCUT2D eigenvalue weighted by Gasteiger charge is 2.13. The number of carbonyl (C=O) groups excluding carboxylic acids is 1. The van der Waals surface area contributed by atoms with Gasteiger partial charge in [-0.2, -0.15) is 9.61 Å². The second-order valence-electron chi connectivity index (χ2n) is 6.55. The van der Waals surface area contributed by atoms with Crippen LogP contribution in [0.15, 0.2) is 65.8 Å². The van der Waals surface area contributed by atoms with E-state index < -0.39 is 0 Å². The van der Waals surface area contributed by atoms with Gasteiger partial charge in [0.05, 0.1) is 25.7 Å². The molecule has 0 bridgehead atoms. The molecular weight excluding hydrogens is 414 g/mol. The molecule has 2 aromatic heterocycles. The summed E-state index contributed by atoms with van der Waals surface area (Å²) in [5, 5.41) is 16.4. The normalized spacial score (nSPS) is 10.8. The molecule has 1 N–H and O–H groups in total. The van der Waals surface area contributed by atoms with E-state index in [1.165, 1.54) is 11.8 Å². The van der Waals surface area contributed by atoms with Crippen LogP contribution >= 0.6 is 11.8 Å². The van der Waals surface area contributed by atoms with Gasteiger partial charge in [-0.1, -0.05) is 42.1 Å². The number of hydrogen-bond acceptors (Lipinski definition) is 7. The van der Waals surface area contributed by atoms with Gasteiger partial charge in [0.2, 0.25) is 11.1 Å². The fourth-order valence-electron chi connectivity index (χ4n) is 3.08. The van der Waals surface area contributed by atoms with E-state index in [9.17, 15) is 4.79 Å². The maximum Gasteiger partial charge on any atom is 0.230 e. The molecule has 0 aliphatic rings. The highest BCUT2D eigenvalue weighted by Crippen LogP contribution is 2.28. The number of benzene rings is 2. The maximum atomic E-state index is 12.4. The van der Waals surface area contributed by atoms with E-state index in [4.69, 9.17) is 9.47 Å². The van der Waals surface area contributed by atoms with Gasteiger partial charge in [-0.3, -0.25) is 4.79 Å². The van der Waals surface area contributed by atoms with E-state index in [2.05, 4.69) is 20.6 Å². The van der Waals surface area contributed by atoms with Crippen LogP contribution in [0.25, 0.3) is 16.9 Å². The molecule has 0 radical (unpaired) electrons. The third kappa shape index (κ3) is 4.61. The largest absolute Gasteiger partial charge is 0.496 e. The number of rotatable bonds is 8. The summed E-state index contributed by atoms with van der Waals surface area (Å²) in [6.45, 7) is 0.389. The Balaban J connectivity index is 1.45. The van der Waals surface area contributed by atoms with Crippen LogP contribution in [0.5, 0.6) is 11.5 Å². The van der Waals surface area contributed by atoms with E-state index in [1.807, 2.05) is 60.7 Å². The van der Waals surface area contributed by atoms with Crippen LogP contribution in [-0.4, -0.2) is 45.7 Å². The maximum absolute atomic E-state index is 12.4. The SMILES string of the molecule is COc1ccccc1CNC(=O)CSc1nnc2ccc(-c3ccccc3OC)nn12. The topological polar surface area (TPSA) is 90.6 Å². The number of para-hydroxylation sites is 2. The molecule has 31 heavy (non-hydrogen) atoms. The molecule has 0 fully saturated rings. The first-order chi connectivity index (χ1) is 15.2. The van der Waals surface area contributed by atoms with Crippen LogP contribution in [0.4, 0.5) is 0 Å². The smallest absolute Gasteiger partial charge is 0.230 e. The zero-order valence-corrected chi connectivity index (χ0v) is 17.9. The van der Waals surface area contributed by atoms with Crippen LogP contribution in [0.3, 0.4) is 0 Å². The van der Waals surface area contributed by atoms with Gasteiger partial charge in [0, 0.05) is 17.7 Å². The second kappa shape index (κ2) is 9.48. The highest BCUT2D eigenvalue weighted by atomic mass is 32.2. The van der Waals surface area contributed by atoms with Crippen molar-refractivity contribution in [3.8, 4) is 22.8 Å². The molecule has 0 aliphatic heterocycles. The van der Waals surface area contributed by atoms with Gasteiger partial charge in [-0.05, 0) is 30.3 Å². The first kappa shape index (κ1) is 20.7. The van der Waals surface area contributed by atoms with Crippen molar-refractivity contribution in [2.45, 2.75) is 11.7 Å². The van der Waals surface area contributed by atoms with Crippen molar-refractivity contribution in [2.24, 2.45) is 0 Å². The fourth-order valence-corrected chi connectivity index (χ4v) is 3.80. The van der Waals surface area contributed by atoms with Crippen LogP contribution in [0, 0.1) is 0 Å². The fraction of sp³-hybridized carbons (Fsp3) is 0.182. The van der Waals surface area contributed by atoms with E-state index in [0.29, 0.717) is 17.3 Å². The minimum Gasteiger partial charge on any atom is -0.496 e. The molecule has 4 aromatic rings. The predicted molar refractivity (Wildman–Crippen MR) is 118 cm³/mol. The minimum absolute atomic E-state index is 0.117. The molecular formula is C22H21N5O3S. The number of carbonyl (C=O) groups is 1. The molecule has 2 heterocycles. The highest BCUT2D eigenvalue weighted by molar-refractivity contribution is 7.99. The van der Waals surface area contributed by atoms with Gasteiger partial charge in [0.25, 0.3) is 0 Å². The zero-order valence-electron chi connectivity index (χ0n) is 17.1. The Morgan fingerprint density at radius 3 is 2.52 bits per heavy atom. The van der Waals surface area contributed by atoms with Crippen LogP contribution in [0.2, 0.25) is 0 Å². The van der Waals surface area contributed by atoms with Crippen LogP contribution in [0.1, 0.15) is 5.56 Å². The van der Waals surface area contributed by atoms with Crippen molar-refractivity contribution in [1.29, 1.82) is 0 Å². The van der Waals surface area contributed by atoms with Crippen molar-refractivity contribution in [1.82, 2.24) is 25.1 Å². The first-order valence-electron chi connectivity index (χ1n) is 9.57. The van der Waals surface area contributed by atoms with Crippen molar-refractivity contribution in [2.75, 3.05) is 20.0 Å². The Hall–Kier alpha value is -3.59. The molecule has 0 saturated heterocycles. The summed E-state index contributed by atoms with van der Waals surface area (Å²) < 4.78 is 12.4. The second-order valence-corrected chi connectivity index (χ2v) is 7.49. The van der Waals surface area contributed by atoms with Gasteiger partial charge < -0.3 is 14.8 Å². The van der Waals surface area contributed by atoms with E-state index in [0.717, 1.165) is 28.3 Å². The van der Waals surface area contributed by atoms with Gasteiger partial charge in [-0.25, -0.2) is 0 Å². The number of amides is 1. The quantitative estimate of drug-likeness (QED) is 0.425. The first-order valence-corrected chi connectivity index (χ1v) is 10.6. The Labute approximate surface area is 183 Å². The molecule has 0 atom stereocenters. The standard InChI is InChI=1S/C22H21N5O3S/c1-29-18-9-5-3-7-15(18)13-23-21(28)14-31-22-25-24-20-12-11-17(26-27(20)22)16-8-4-6-10-19(16)30-2/h3-12H,13-14H2,1-2H3,(H,23,28). The zero-order chi connectivity index (χ0) is 21.6. The van der Waals surface area contributed by atoms with Crippen molar-refractivity contribution in [3.05, 3.63) is 66.2 Å². The van der Waals surface area contributed by atoms with Gasteiger partial charge >= 0.3 is 0 Å². The molecule has 8 nitrogen and oxygen atoms in total. The summed E-state index contributed by atoms with van der Waals surface area (Å²) in [5.74, 6) is 1.55. The summed E-state index contributed by atoms with van der Waals surface area (Å²) in [7, 11) is 3.24. The monoisotopic (exact) mass is 435 g/mol. The number of ether oxygens (including phenoxy) is 2. The molecule has 1 amide bonds. The summed E-state index contributed by atoms with van der Waals surface area (Å²) in [4.78, 5) is 12.4. The third-order valence-electron chi connectivity index (χ3n) is 4.62. The van der Waals surface area contributed by atoms with Gasteiger partial charge in [0.1, 0.15) is 11.5 Å². The lowest BCUT2D eigenvalue weighted by atomic mass is 10.1. The number of nitrogens with zero attached hydrogens (tertiary/aromatic N) is 4. The Morgan fingerprint density at radius 2 is 1.71 bits per heavy atom. The summed E-state index contributed by atoms with van der Waals surface area (Å²) in [6.07, 6.45) is 0. The molecule has 2 aromatic carbocycles. The Kier molecular flexibility index (Phi) is 6.32. The lowest BCUT2D eigenvalue weighted by Crippen LogP contribution is -2.24. The van der Waals surface area contributed by atoms with Crippen LogP contribution in [-0.2, 0) is 11.3 Å². The minimum atomic E-state index is -0.117. The van der Waals surface area contributed by atoms with Crippen molar-refractivity contribution in [3.63, 3.8) is 0 Å². The predicted octanol–water partition coefficient (Wildman–Crippen LogP) is 3.22. The summed E-state index contributed by atoms with van der Waals surface area (Å²) in [5.41, 5.74) is 3.12. The Bertz CT molecular complexity index is 1210. The average molecular weight is 436 g/mol. The number of methoxy groups -OCH3 is 2.